The van der Waals surface area contributed by atoms with Crippen LogP contribution in [0, 0.1) is 11.3 Å². The van der Waals surface area contributed by atoms with Gasteiger partial charge in [-0.05, 0) is 68.2 Å². The van der Waals surface area contributed by atoms with Gasteiger partial charge in [0.1, 0.15) is 0 Å². The Balaban J connectivity index is 1.88. The summed E-state index contributed by atoms with van der Waals surface area (Å²) < 4.78 is 1.05. The predicted molar refractivity (Wildman–Crippen MR) is 103 cm³/mol. The maximum Gasteiger partial charge on any atom is 0.241 e. The molecule has 1 saturated carbocycles. The smallest absolute Gasteiger partial charge is 0.241 e. The Kier molecular flexibility index (Phi) is 4.61. The minimum absolute atomic E-state index is 0.0356. The molecule has 1 spiro atoms. The van der Waals surface area contributed by atoms with Crippen LogP contribution in [0.15, 0.2) is 28.7 Å². The second-order valence-electron chi connectivity index (χ2n) is 8.00. The number of nitrogens with zero attached hydrogens (tertiary/aromatic N) is 1. The molecule has 4 heteroatoms. The Morgan fingerprint density at radius 1 is 1.17 bits per heavy atom. The summed E-state index contributed by atoms with van der Waals surface area (Å²) in [6, 6.07) is 8.20. The Morgan fingerprint density at radius 2 is 1.74 bits per heavy atom. The summed E-state index contributed by atoms with van der Waals surface area (Å²) in [6.07, 6.45) is 4.63. The van der Waals surface area contributed by atoms with Crippen molar-refractivity contribution in [3.05, 3.63) is 28.7 Å². The number of rotatable bonds is 1. The predicted octanol–water partition coefficient (Wildman–Crippen LogP) is 5.85. The number of hydrogen-bond donors (Lipinski definition) is 0. The van der Waals surface area contributed by atoms with E-state index in [2.05, 4.69) is 60.7 Å². The molecule has 1 aromatic rings. The molecular weight excluding hydrogens is 370 g/mol. The van der Waals surface area contributed by atoms with Gasteiger partial charge < -0.3 is 0 Å². The molecule has 0 radical (unpaired) electrons. The number of halogens is 1. The molecule has 23 heavy (non-hydrogen) atoms. The largest absolute Gasteiger partial charge is 0.296 e. The van der Waals surface area contributed by atoms with E-state index in [-0.39, 0.29) is 16.0 Å². The van der Waals surface area contributed by atoms with Gasteiger partial charge in [-0.25, -0.2) is 0 Å². The third-order valence-electron chi connectivity index (χ3n) is 5.45. The number of hydrogen-bond acceptors (Lipinski definition) is 2. The molecule has 1 amide bonds. The summed E-state index contributed by atoms with van der Waals surface area (Å²) in [5.41, 5.74) is 1.41. The quantitative estimate of drug-likeness (QED) is 0.594. The molecule has 1 saturated heterocycles. The number of amides is 1. The summed E-state index contributed by atoms with van der Waals surface area (Å²) in [4.78, 5) is 14.9. The molecule has 1 heterocycles. The van der Waals surface area contributed by atoms with E-state index in [1.165, 1.54) is 12.8 Å². The topological polar surface area (TPSA) is 20.3 Å². The molecule has 3 rings (SSSR count). The average Bonchev–Trinajstić information content (AvgIpc) is 2.71. The van der Waals surface area contributed by atoms with Crippen molar-refractivity contribution in [2.45, 2.75) is 63.5 Å². The number of anilines is 1. The van der Waals surface area contributed by atoms with Crippen LogP contribution in [0.1, 0.15) is 53.4 Å². The molecule has 0 aromatic heterocycles. The highest BCUT2D eigenvalue weighted by Crippen LogP contribution is 2.54. The maximum absolute atomic E-state index is 12.8. The second-order valence-corrected chi connectivity index (χ2v) is 10.6. The molecule has 2 aliphatic rings. The summed E-state index contributed by atoms with van der Waals surface area (Å²) in [7, 11) is 0. The van der Waals surface area contributed by atoms with Gasteiger partial charge in [-0.15, -0.1) is 11.8 Å². The first-order chi connectivity index (χ1) is 10.7. The molecule has 0 N–H and O–H groups in total. The first kappa shape index (κ1) is 17.3. The SMILES string of the molecule is CC1SC2(CCC(C(C)(C)C)CC2)N(c2ccc(Br)cc2)C1=O. The van der Waals surface area contributed by atoms with Crippen molar-refractivity contribution in [3.8, 4) is 0 Å². The Labute approximate surface area is 152 Å². The Hall–Kier alpha value is -0.480. The fraction of sp³-hybridized carbons (Fsp3) is 0.632. The number of carbonyl (C=O) groups is 1. The Bertz CT molecular complexity index is 584. The molecule has 1 aliphatic heterocycles. The number of benzene rings is 1. The van der Waals surface area contributed by atoms with E-state index < -0.39 is 0 Å². The highest BCUT2D eigenvalue weighted by molar-refractivity contribution is 9.10. The van der Waals surface area contributed by atoms with E-state index in [4.69, 9.17) is 0 Å². The van der Waals surface area contributed by atoms with Crippen LogP contribution in [0.2, 0.25) is 0 Å². The van der Waals surface area contributed by atoms with E-state index in [1.807, 2.05) is 23.9 Å². The lowest BCUT2D eigenvalue weighted by Gasteiger charge is -2.45. The van der Waals surface area contributed by atoms with E-state index in [0.29, 0.717) is 5.41 Å². The summed E-state index contributed by atoms with van der Waals surface area (Å²) in [5.74, 6) is 1.03. The second kappa shape index (κ2) is 6.11. The van der Waals surface area contributed by atoms with E-state index in [9.17, 15) is 4.79 Å². The van der Waals surface area contributed by atoms with Crippen molar-refractivity contribution in [2.75, 3.05) is 4.90 Å². The van der Waals surface area contributed by atoms with E-state index in [0.717, 1.165) is 28.9 Å². The highest BCUT2D eigenvalue weighted by Gasteiger charge is 2.52. The molecule has 2 fully saturated rings. The first-order valence-corrected chi connectivity index (χ1v) is 10.2. The summed E-state index contributed by atoms with van der Waals surface area (Å²) >= 11 is 5.37. The van der Waals surface area contributed by atoms with Gasteiger partial charge in [-0.1, -0.05) is 36.7 Å². The van der Waals surface area contributed by atoms with Crippen LogP contribution >= 0.6 is 27.7 Å². The van der Waals surface area contributed by atoms with Crippen molar-refractivity contribution < 1.29 is 4.79 Å². The molecule has 2 nitrogen and oxygen atoms in total. The molecule has 126 valence electrons. The minimum Gasteiger partial charge on any atom is -0.296 e. The van der Waals surface area contributed by atoms with Crippen LogP contribution in [0.4, 0.5) is 5.69 Å². The van der Waals surface area contributed by atoms with Crippen LogP contribution in [0.25, 0.3) is 0 Å². The van der Waals surface area contributed by atoms with E-state index in [1.54, 1.807) is 0 Å². The average molecular weight is 396 g/mol. The van der Waals surface area contributed by atoms with Crippen molar-refractivity contribution in [1.29, 1.82) is 0 Å². The lowest BCUT2D eigenvalue weighted by atomic mass is 9.71. The van der Waals surface area contributed by atoms with Gasteiger partial charge in [0, 0.05) is 10.2 Å². The molecule has 1 aromatic carbocycles. The maximum atomic E-state index is 12.8. The van der Waals surface area contributed by atoms with Crippen molar-refractivity contribution in [2.24, 2.45) is 11.3 Å². The first-order valence-electron chi connectivity index (χ1n) is 8.50. The van der Waals surface area contributed by atoms with Crippen LogP contribution < -0.4 is 4.90 Å². The van der Waals surface area contributed by atoms with Gasteiger partial charge in [-0.2, -0.15) is 0 Å². The minimum atomic E-state index is -0.0356. The van der Waals surface area contributed by atoms with Crippen LogP contribution in [-0.4, -0.2) is 16.0 Å². The summed E-state index contributed by atoms with van der Waals surface area (Å²) in [5, 5.41) is 0.0600. The lowest BCUT2D eigenvalue weighted by Crippen LogP contribution is -2.48. The molecular formula is C19H26BrNOS. The molecule has 1 atom stereocenters. The van der Waals surface area contributed by atoms with Gasteiger partial charge >= 0.3 is 0 Å². The zero-order valence-corrected chi connectivity index (χ0v) is 16.8. The standard InChI is InChI=1S/C19H26BrNOS/c1-13-17(22)21(16-7-5-15(20)6-8-16)19(23-13)11-9-14(10-12-19)18(2,3)4/h5-8,13-14H,9-12H2,1-4H3. The summed E-state index contributed by atoms with van der Waals surface area (Å²) in [6.45, 7) is 9.09. The molecule has 0 bridgehead atoms. The fourth-order valence-corrected chi connectivity index (χ4v) is 5.94. The number of carbonyl (C=O) groups excluding carboxylic acids is 1. The third-order valence-corrected chi connectivity index (χ3v) is 7.56. The molecule has 1 unspecified atom stereocenters. The van der Waals surface area contributed by atoms with Gasteiger partial charge in [0.2, 0.25) is 5.91 Å². The van der Waals surface area contributed by atoms with E-state index >= 15 is 0 Å². The third kappa shape index (κ3) is 3.21. The monoisotopic (exact) mass is 395 g/mol. The Morgan fingerprint density at radius 3 is 2.26 bits per heavy atom. The fourth-order valence-electron chi connectivity index (χ4n) is 4.04. The molecule has 1 aliphatic carbocycles. The lowest BCUT2D eigenvalue weighted by molar-refractivity contribution is -0.118. The van der Waals surface area contributed by atoms with Crippen LogP contribution in [0.3, 0.4) is 0 Å². The normalized spacial score (nSPS) is 31.9. The van der Waals surface area contributed by atoms with Gasteiger partial charge in [0.25, 0.3) is 0 Å². The van der Waals surface area contributed by atoms with Gasteiger partial charge in [0.15, 0.2) is 0 Å². The zero-order chi connectivity index (χ0) is 16.8. The number of thioether (sulfide) groups is 1. The highest BCUT2D eigenvalue weighted by atomic mass is 79.9. The van der Waals surface area contributed by atoms with Crippen LogP contribution in [-0.2, 0) is 4.79 Å². The van der Waals surface area contributed by atoms with Gasteiger partial charge in [0.05, 0.1) is 10.1 Å². The van der Waals surface area contributed by atoms with Crippen molar-refractivity contribution in [1.82, 2.24) is 0 Å². The zero-order valence-electron chi connectivity index (χ0n) is 14.4. The van der Waals surface area contributed by atoms with Crippen molar-refractivity contribution >= 4 is 39.3 Å². The van der Waals surface area contributed by atoms with Crippen LogP contribution in [0.5, 0.6) is 0 Å². The van der Waals surface area contributed by atoms with Crippen molar-refractivity contribution in [3.63, 3.8) is 0 Å². The van der Waals surface area contributed by atoms with Gasteiger partial charge in [-0.3, -0.25) is 9.69 Å².